The van der Waals surface area contributed by atoms with Crippen LogP contribution in [0.1, 0.15) is 43.4 Å². The lowest BCUT2D eigenvalue weighted by Crippen LogP contribution is -2.29. The Labute approximate surface area is 224 Å². The number of anilines is 1. The van der Waals surface area contributed by atoms with Crippen LogP contribution in [0.15, 0.2) is 72.6 Å². The first-order chi connectivity index (χ1) is 18.5. The van der Waals surface area contributed by atoms with Crippen LogP contribution in [0.2, 0.25) is 0 Å². The molecule has 0 spiro atoms. The summed E-state index contributed by atoms with van der Waals surface area (Å²) in [6.07, 6.45) is 6.11. The number of aliphatic hydroxyl groups excluding tert-OH is 1. The molecule has 1 aliphatic rings. The minimum absolute atomic E-state index is 0.0128. The molecule has 3 heterocycles. The predicted octanol–water partition coefficient (Wildman–Crippen LogP) is 5.90. The number of methoxy groups -OCH3 is 1. The van der Waals surface area contributed by atoms with Crippen LogP contribution in [0.4, 0.5) is 5.13 Å². The highest BCUT2D eigenvalue weighted by Gasteiger charge is 2.48. The molecule has 1 unspecified atom stereocenters. The summed E-state index contributed by atoms with van der Waals surface area (Å²) in [6.45, 7) is 2.69. The van der Waals surface area contributed by atoms with Gasteiger partial charge in [-0.3, -0.25) is 19.5 Å². The number of fused-ring (bicyclic) bond motifs is 1. The zero-order chi connectivity index (χ0) is 26.6. The van der Waals surface area contributed by atoms with Gasteiger partial charge in [-0.05, 0) is 54.4 Å². The Morgan fingerprint density at radius 1 is 1.05 bits per heavy atom. The molecule has 1 aliphatic heterocycles. The van der Waals surface area contributed by atoms with Gasteiger partial charge in [0, 0.05) is 18.0 Å². The van der Waals surface area contributed by atoms with Crippen LogP contribution in [0.3, 0.4) is 0 Å². The molecule has 2 aromatic carbocycles. The summed E-state index contributed by atoms with van der Waals surface area (Å²) in [6, 6.07) is 15.0. The Bertz CT molecular complexity index is 1520. The van der Waals surface area contributed by atoms with Gasteiger partial charge in [0.05, 0.1) is 35.5 Å². The van der Waals surface area contributed by atoms with E-state index in [-0.39, 0.29) is 11.3 Å². The second-order valence-electron chi connectivity index (χ2n) is 8.86. The topological polar surface area (TPSA) is 102 Å². The first-order valence-electron chi connectivity index (χ1n) is 12.4. The molecule has 0 radical (unpaired) electrons. The number of rotatable bonds is 9. The molecule has 1 atom stereocenters. The molecular weight excluding hydrogens is 502 g/mol. The molecule has 38 heavy (non-hydrogen) atoms. The number of pyridine rings is 1. The van der Waals surface area contributed by atoms with Gasteiger partial charge in [-0.1, -0.05) is 43.2 Å². The number of carbonyl (C=O) groups excluding carboxylic acids is 2. The van der Waals surface area contributed by atoms with E-state index in [4.69, 9.17) is 9.47 Å². The summed E-state index contributed by atoms with van der Waals surface area (Å²) in [4.78, 5) is 36.9. The van der Waals surface area contributed by atoms with Crippen LogP contribution in [0, 0.1) is 0 Å². The van der Waals surface area contributed by atoms with Crippen molar-refractivity contribution in [1.82, 2.24) is 9.97 Å². The van der Waals surface area contributed by atoms with E-state index in [1.54, 1.807) is 25.3 Å². The third kappa shape index (κ3) is 4.84. The van der Waals surface area contributed by atoms with E-state index in [1.165, 1.54) is 28.6 Å². The van der Waals surface area contributed by atoms with Crippen molar-refractivity contribution in [1.29, 1.82) is 0 Å². The fourth-order valence-electron chi connectivity index (χ4n) is 4.45. The van der Waals surface area contributed by atoms with Gasteiger partial charge in [-0.25, -0.2) is 4.98 Å². The number of ether oxygens (including phenoxy) is 2. The Balaban J connectivity index is 1.63. The largest absolute Gasteiger partial charge is 0.507 e. The van der Waals surface area contributed by atoms with E-state index < -0.39 is 17.7 Å². The quantitative estimate of drug-likeness (QED) is 0.125. The number of unbranched alkanes of at least 4 members (excludes halogenated alkanes) is 2. The minimum atomic E-state index is -0.898. The molecule has 1 N–H and O–H groups in total. The number of hydrogen-bond donors (Lipinski definition) is 1. The fourth-order valence-corrected chi connectivity index (χ4v) is 5.47. The number of aliphatic hydroxyl groups is 1. The maximum absolute atomic E-state index is 13.5. The molecule has 0 saturated carbocycles. The zero-order valence-corrected chi connectivity index (χ0v) is 21.9. The van der Waals surface area contributed by atoms with Gasteiger partial charge in [0.25, 0.3) is 5.78 Å². The van der Waals surface area contributed by atoms with Crippen LogP contribution in [-0.4, -0.2) is 40.5 Å². The maximum Gasteiger partial charge on any atom is 0.301 e. The molecule has 0 aliphatic carbocycles. The molecule has 1 fully saturated rings. The van der Waals surface area contributed by atoms with Gasteiger partial charge in [-0.2, -0.15) is 0 Å². The Morgan fingerprint density at radius 3 is 2.63 bits per heavy atom. The zero-order valence-electron chi connectivity index (χ0n) is 21.1. The lowest BCUT2D eigenvalue weighted by Gasteiger charge is -2.23. The molecule has 4 aromatic rings. The van der Waals surface area contributed by atoms with Gasteiger partial charge < -0.3 is 14.6 Å². The number of carbonyl (C=O) groups is 2. The smallest absolute Gasteiger partial charge is 0.301 e. The Kier molecular flexibility index (Phi) is 7.37. The monoisotopic (exact) mass is 529 g/mol. The van der Waals surface area contributed by atoms with Crippen LogP contribution in [0.25, 0.3) is 16.0 Å². The first-order valence-corrected chi connectivity index (χ1v) is 13.2. The Morgan fingerprint density at radius 2 is 1.87 bits per heavy atom. The molecule has 2 aromatic heterocycles. The fraction of sp³-hybridized carbons (Fsp3) is 0.241. The molecule has 194 valence electrons. The number of amides is 1. The summed E-state index contributed by atoms with van der Waals surface area (Å²) < 4.78 is 12.1. The molecule has 1 saturated heterocycles. The third-order valence-corrected chi connectivity index (χ3v) is 7.40. The van der Waals surface area contributed by atoms with Gasteiger partial charge >= 0.3 is 5.91 Å². The van der Waals surface area contributed by atoms with Crippen molar-refractivity contribution >= 4 is 44.1 Å². The first kappa shape index (κ1) is 25.4. The van der Waals surface area contributed by atoms with Crippen LogP contribution < -0.4 is 14.4 Å². The van der Waals surface area contributed by atoms with Crippen molar-refractivity contribution in [3.05, 3.63) is 83.7 Å². The SMILES string of the molecule is CCCCCOc1cccc(C2C(=C(O)c3ccncc3)C(=O)C(=O)N2c2nc3ccc(OC)cc3s2)c1. The van der Waals surface area contributed by atoms with Gasteiger partial charge in [-0.15, -0.1) is 0 Å². The van der Waals surface area contributed by atoms with E-state index >= 15 is 0 Å². The average molecular weight is 530 g/mol. The molecule has 5 rings (SSSR count). The summed E-state index contributed by atoms with van der Waals surface area (Å²) in [5, 5.41) is 11.6. The van der Waals surface area contributed by atoms with Gasteiger partial charge in [0.15, 0.2) is 5.13 Å². The van der Waals surface area contributed by atoms with Crippen molar-refractivity contribution in [2.75, 3.05) is 18.6 Å². The van der Waals surface area contributed by atoms with E-state index in [2.05, 4.69) is 16.9 Å². The lowest BCUT2D eigenvalue weighted by molar-refractivity contribution is -0.132. The van der Waals surface area contributed by atoms with Gasteiger partial charge in [0.2, 0.25) is 0 Å². The highest BCUT2D eigenvalue weighted by atomic mass is 32.1. The second-order valence-corrected chi connectivity index (χ2v) is 9.87. The average Bonchev–Trinajstić information content (AvgIpc) is 3.48. The molecule has 8 nitrogen and oxygen atoms in total. The van der Waals surface area contributed by atoms with E-state index in [9.17, 15) is 14.7 Å². The van der Waals surface area contributed by atoms with Crippen molar-refractivity contribution < 1.29 is 24.2 Å². The van der Waals surface area contributed by atoms with E-state index in [1.807, 2.05) is 36.4 Å². The number of aromatic nitrogens is 2. The summed E-state index contributed by atoms with van der Waals surface area (Å²) in [5.41, 5.74) is 1.68. The predicted molar refractivity (Wildman–Crippen MR) is 147 cm³/mol. The minimum Gasteiger partial charge on any atom is -0.507 e. The van der Waals surface area contributed by atoms with Crippen molar-refractivity contribution in [2.24, 2.45) is 0 Å². The van der Waals surface area contributed by atoms with Crippen LogP contribution in [-0.2, 0) is 9.59 Å². The Hall–Kier alpha value is -4.24. The van der Waals surface area contributed by atoms with Gasteiger partial charge in [0.1, 0.15) is 17.3 Å². The normalized spacial score (nSPS) is 16.8. The number of Topliss-reactive ketones (excluding diaryl/α,β-unsaturated/α-hetero) is 1. The van der Waals surface area contributed by atoms with E-state index in [0.717, 1.165) is 24.0 Å². The second kappa shape index (κ2) is 11.0. The molecule has 1 amide bonds. The summed E-state index contributed by atoms with van der Waals surface area (Å²) in [7, 11) is 1.58. The number of hydrogen-bond acceptors (Lipinski definition) is 8. The molecule has 0 bridgehead atoms. The molecule has 9 heteroatoms. The number of benzene rings is 2. The van der Waals surface area contributed by atoms with E-state index in [0.29, 0.717) is 39.9 Å². The lowest BCUT2D eigenvalue weighted by atomic mass is 9.95. The number of ketones is 1. The van der Waals surface area contributed by atoms with Crippen molar-refractivity contribution in [3.63, 3.8) is 0 Å². The molecular formula is C29H27N3O5S. The third-order valence-electron chi connectivity index (χ3n) is 6.38. The number of thiazole rings is 1. The van der Waals surface area contributed by atoms with Crippen LogP contribution in [0.5, 0.6) is 11.5 Å². The maximum atomic E-state index is 13.5. The standard InChI is InChI=1S/C29H27N3O5S/c1-3-4-5-15-37-21-8-6-7-19(16-21)25-24(26(33)18-11-13-30-14-12-18)27(34)28(35)32(25)29-31-22-10-9-20(36-2)17-23(22)38-29/h6-14,16-17,25,33H,3-5,15H2,1-2H3. The van der Waals surface area contributed by atoms with Crippen molar-refractivity contribution in [3.8, 4) is 11.5 Å². The highest BCUT2D eigenvalue weighted by Crippen LogP contribution is 2.45. The van der Waals surface area contributed by atoms with Crippen molar-refractivity contribution in [2.45, 2.75) is 32.2 Å². The summed E-state index contributed by atoms with van der Waals surface area (Å²) in [5.74, 6) is -0.518. The highest BCUT2D eigenvalue weighted by molar-refractivity contribution is 7.22. The number of nitrogens with zero attached hydrogens (tertiary/aromatic N) is 3. The summed E-state index contributed by atoms with van der Waals surface area (Å²) >= 11 is 1.28. The van der Waals surface area contributed by atoms with Crippen LogP contribution >= 0.6 is 11.3 Å².